The second-order valence-electron chi connectivity index (χ2n) is 5.04. The molecule has 1 heterocycles. The third-order valence-electron chi connectivity index (χ3n) is 3.27. The van der Waals surface area contributed by atoms with E-state index < -0.39 is 0 Å². The summed E-state index contributed by atoms with van der Waals surface area (Å²) in [7, 11) is 1.67. The molecule has 1 aromatic carbocycles. The smallest absolute Gasteiger partial charge is 0.287 e. The summed E-state index contributed by atoms with van der Waals surface area (Å²) in [5, 5.41) is 8.96. The van der Waals surface area contributed by atoms with Gasteiger partial charge in [-0.25, -0.2) is 4.39 Å². The van der Waals surface area contributed by atoms with Crippen molar-refractivity contribution in [2.75, 3.05) is 26.7 Å². The summed E-state index contributed by atoms with van der Waals surface area (Å²) < 4.78 is 18.1. The van der Waals surface area contributed by atoms with Crippen LogP contribution in [0.25, 0.3) is 0 Å². The fraction of sp³-hybridized carbons (Fsp3) is 0.294. The van der Waals surface area contributed by atoms with Crippen LogP contribution in [0.4, 0.5) is 4.39 Å². The first-order valence-corrected chi connectivity index (χ1v) is 7.69. The summed E-state index contributed by atoms with van der Waals surface area (Å²) in [5.74, 6) is 0.421. The summed E-state index contributed by atoms with van der Waals surface area (Å²) in [6, 6.07) is 9.79. The molecule has 2 aromatic rings. The van der Waals surface area contributed by atoms with Crippen molar-refractivity contribution in [3.8, 4) is 0 Å². The number of carbonyl (C=O) groups is 1. The molecule has 24 heavy (non-hydrogen) atoms. The minimum atomic E-state index is -0.254. The Hall–Kier alpha value is -2.83. The van der Waals surface area contributed by atoms with Gasteiger partial charge >= 0.3 is 0 Å². The van der Waals surface area contributed by atoms with E-state index in [2.05, 4.69) is 20.9 Å². The van der Waals surface area contributed by atoms with Crippen LogP contribution in [0.15, 0.2) is 52.1 Å². The van der Waals surface area contributed by atoms with Crippen molar-refractivity contribution in [1.29, 1.82) is 0 Å². The zero-order chi connectivity index (χ0) is 17.2. The van der Waals surface area contributed by atoms with Gasteiger partial charge in [-0.15, -0.1) is 0 Å². The Bertz CT molecular complexity index is 671. The van der Waals surface area contributed by atoms with Crippen molar-refractivity contribution < 1.29 is 13.6 Å². The Kier molecular flexibility index (Phi) is 6.82. The second kappa shape index (κ2) is 9.34. The van der Waals surface area contributed by atoms with Crippen molar-refractivity contribution in [2.45, 2.75) is 6.42 Å². The fourth-order valence-corrected chi connectivity index (χ4v) is 2.09. The summed E-state index contributed by atoms with van der Waals surface area (Å²) in [6.45, 7) is 1.58. The van der Waals surface area contributed by atoms with Gasteiger partial charge in [0.1, 0.15) is 5.82 Å². The third-order valence-corrected chi connectivity index (χ3v) is 3.27. The van der Waals surface area contributed by atoms with Crippen molar-refractivity contribution >= 4 is 11.9 Å². The number of hydrogen-bond donors (Lipinski definition) is 3. The molecule has 3 N–H and O–H groups in total. The monoisotopic (exact) mass is 332 g/mol. The molecule has 0 spiro atoms. The van der Waals surface area contributed by atoms with E-state index >= 15 is 0 Å². The van der Waals surface area contributed by atoms with E-state index in [-0.39, 0.29) is 17.5 Å². The van der Waals surface area contributed by atoms with Gasteiger partial charge in [-0.2, -0.15) is 0 Å². The number of halogens is 1. The maximum absolute atomic E-state index is 13.1. The van der Waals surface area contributed by atoms with Crippen molar-refractivity contribution in [3.05, 3.63) is 59.8 Å². The summed E-state index contributed by atoms with van der Waals surface area (Å²) in [5.41, 5.74) is 0.920. The van der Waals surface area contributed by atoms with Gasteiger partial charge in [0.25, 0.3) is 5.91 Å². The number of carbonyl (C=O) groups excluding carboxylic acids is 1. The first-order valence-electron chi connectivity index (χ1n) is 7.69. The van der Waals surface area contributed by atoms with E-state index in [0.29, 0.717) is 32.0 Å². The predicted octanol–water partition coefficient (Wildman–Crippen LogP) is 1.56. The maximum atomic E-state index is 13.1. The molecule has 0 unspecified atom stereocenters. The van der Waals surface area contributed by atoms with Crippen LogP contribution in [0.3, 0.4) is 0 Å². The lowest BCUT2D eigenvalue weighted by molar-refractivity contribution is 0.0926. The fourth-order valence-electron chi connectivity index (χ4n) is 2.09. The minimum absolute atomic E-state index is 0.234. The topological polar surface area (TPSA) is 78.7 Å². The van der Waals surface area contributed by atoms with E-state index in [1.54, 1.807) is 25.2 Å². The van der Waals surface area contributed by atoms with E-state index in [1.807, 2.05) is 6.07 Å². The number of hydrogen-bond acceptors (Lipinski definition) is 3. The number of rotatable bonds is 7. The number of aliphatic imine (C=N–C) groups is 1. The summed E-state index contributed by atoms with van der Waals surface area (Å²) in [6.07, 6.45) is 2.14. The van der Waals surface area contributed by atoms with E-state index in [4.69, 9.17) is 4.42 Å². The Morgan fingerprint density at radius 1 is 1.12 bits per heavy atom. The van der Waals surface area contributed by atoms with Gasteiger partial charge < -0.3 is 20.4 Å². The van der Waals surface area contributed by atoms with Crippen molar-refractivity contribution in [1.82, 2.24) is 16.0 Å². The first kappa shape index (κ1) is 17.5. The number of amides is 1. The Morgan fingerprint density at radius 3 is 2.62 bits per heavy atom. The van der Waals surface area contributed by atoms with Gasteiger partial charge in [0.05, 0.1) is 6.26 Å². The minimum Gasteiger partial charge on any atom is -0.459 e. The van der Waals surface area contributed by atoms with Gasteiger partial charge in [0.2, 0.25) is 0 Å². The summed E-state index contributed by atoms with van der Waals surface area (Å²) in [4.78, 5) is 15.8. The Labute approximate surface area is 140 Å². The van der Waals surface area contributed by atoms with Crippen molar-refractivity contribution in [3.63, 3.8) is 0 Å². The van der Waals surface area contributed by atoms with Crippen LogP contribution < -0.4 is 16.0 Å². The molecule has 7 heteroatoms. The molecular formula is C17H21FN4O2. The lowest BCUT2D eigenvalue weighted by atomic mass is 10.1. The second-order valence-corrected chi connectivity index (χ2v) is 5.04. The highest BCUT2D eigenvalue weighted by Crippen LogP contribution is 2.03. The molecule has 0 aliphatic carbocycles. The van der Waals surface area contributed by atoms with Gasteiger partial charge in [0.15, 0.2) is 11.7 Å². The molecule has 1 aromatic heterocycles. The lowest BCUT2D eigenvalue weighted by Crippen LogP contribution is -2.42. The van der Waals surface area contributed by atoms with Crippen LogP contribution in [-0.2, 0) is 6.42 Å². The van der Waals surface area contributed by atoms with E-state index in [9.17, 15) is 9.18 Å². The molecule has 0 saturated heterocycles. The average molecular weight is 332 g/mol. The van der Waals surface area contributed by atoms with Gasteiger partial charge in [0, 0.05) is 26.7 Å². The molecule has 0 fully saturated rings. The molecule has 0 radical (unpaired) electrons. The van der Waals surface area contributed by atoms with Crippen LogP contribution in [0.2, 0.25) is 0 Å². The maximum Gasteiger partial charge on any atom is 0.287 e. The third kappa shape index (κ3) is 5.75. The molecular weight excluding hydrogens is 311 g/mol. The van der Waals surface area contributed by atoms with Crippen LogP contribution >= 0.6 is 0 Å². The zero-order valence-electron chi connectivity index (χ0n) is 13.5. The molecule has 0 aliphatic rings. The molecule has 6 nitrogen and oxygen atoms in total. The van der Waals surface area contributed by atoms with Crippen LogP contribution in [-0.4, -0.2) is 38.5 Å². The highest BCUT2D eigenvalue weighted by molar-refractivity contribution is 5.91. The highest BCUT2D eigenvalue weighted by atomic mass is 19.1. The predicted molar refractivity (Wildman–Crippen MR) is 90.5 cm³/mol. The van der Waals surface area contributed by atoms with E-state index in [0.717, 1.165) is 5.56 Å². The highest BCUT2D eigenvalue weighted by Gasteiger charge is 2.06. The van der Waals surface area contributed by atoms with E-state index in [1.165, 1.54) is 18.4 Å². The first-order chi connectivity index (χ1) is 11.7. The number of guanidine groups is 1. The number of benzene rings is 1. The van der Waals surface area contributed by atoms with Gasteiger partial charge in [-0.1, -0.05) is 12.1 Å². The quantitative estimate of drug-likeness (QED) is 0.408. The largest absolute Gasteiger partial charge is 0.459 e. The number of nitrogens with zero attached hydrogens (tertiary/aromatic N) is 1. The molecule has 0 saturated carbocycles. The molecule has 0 bridgehead atoms. The summed E-state index contributed by atoms with van der Waals surface area (Å²) >= 11 is 0. The number of furan rings is 1. The average Bonchev–Trinajstić information content (AvgIpc) is 3.11. The normalized spacial score (nSPS) is 11.2. The van der Waals surface area contributed by atoms with Crippen molar-refractivity contribution in [2.24, 2.45) is 4.99 Å². The molecule has 1 amide bonds. The lowest BCUT2D eigenvalue weighted by Gasteiger charge is -2.12. The van der Waals surface area contributed by atoms with Gasteiger partial charge in [-0.3, -0.25) is 9.79 Å². The Balaban J connectivity index is 1.63. The molecule has 128 valence electrons. The SMILES string of the molecule is CN=C(NCCNC(=O)c1ccco1)NCCc1cccc(F)c1. The zero-order valence-corrected chi connectivity index (χ0v) is 13.5. The molecule has 2 rings (SSSR count). The molecule has 0 atom stereocenters. The van der Waals surface area contributed by atoms with Crippen LogP contribution in [0.5, 0.6) is 0 Å². The number of nitrogens with one attached hydrogen (secondary N) is 3. The molecule has 0 aliphatic heterocycles. The standard InChI is InChI=1S/C17H21FN4O2/c1-19-17(21-8-7-13-4-2-5-14(18)12-13)22-10-9-20-16(23)15-6-3-11-24-15/h2-6,11-12H,7-10H2,1H3,(H,20,23)(H2,19,21,22). The van der Waals surface area contributed by atoms with Gasteiger partial charge in [-0.05, 0) is 36.2 Å². The van der Waals surface area contributed by atoms with Crippen LogP contribution in [0.1, 0.15) is 16.1 Å². The Morgan fingerprint density at radius 2 is 1.92 bits per heavy atom. The van der Waals surface area contributed by atoms with Crippen LogP contribution in [0, 0.1) is 5.82 Å².